The van der Waals surface area contributed by atoms with Gasteiger partial charge >= 0.3 is 0 Å². The number of hydrogen-bond donors (Lipinski definition) is 1. The van der Waals surface area contributed by atoms with Crippen molar-refractivity contribution in [1.82, 2.24) is 4.79 Å². The van der Waals surface area contributed by atoms with Crippen molar-refractivity contribution in [2.24, 2.45) is 7.05 Å². The molecular formula is C11H13FN3+. The Bertz CT molecular complexity index is 569. The van der Waals surface area contributed by atoms with Crippen molar-refractivity contribution in [3.63, 3.8) is 0 Å². The van der Waals surface area contributed by atoms with E-state index >= 15 is 0 Å². The maximum atomic E-state index is 13.1. The zero-order chi connectivity index (χ0) is 10.8. The van der Waals surface area contributed by atoms with Gasteiger partial charge in [-0.25, -0.2) is 4.39 Å². The third-order valence-electron chi connectivity index (χ3n) is 3.05. The first-order valence-electron chi connectivity index (χ1n) is 5.00. The molecule has 0 aliphatic carbocycles. The summed E-state index contributed by atoms with van der Waals surface area (Å²) >= 11 is 0. The van der Waals surface area contributed by atoms with Crippen molar-refractivity contribution in [1.29, 1.82) is 0 Å². The average molecular weight is 206 g/mol. The highest BCUT2D eigenvalue weighted by molar-refractivity contribution is 5.81. The Labute approximate surface area is 87.1 Å². The number of nitrogens with one attached hydrogen (secondary N) is 1. The first kappa shape index (κ1) is 8.71. The summed E-state index contributed by atoms with van der Waals surface area (Å²) in [6, 6.07) is 4.93. The van der Waals surface area contributed by atoms with Crippen LogP contribution in [0.1, 0.15) is 19.5 Å². The van der Waals surface area contributed by atoms with Gasteiger partial charge in [0.05, 0.1) is 5.39 Å². The minimum atomic E-state index is -0.193. The Morgan fingerprint density at radius 3 is 2.80 bits per heavy atom. The number of benzene rings is 1. The minimum Gasteiger partial charge on any atom is -0.207 e. The standard InChI is InChI=1S/C11H13FN3/c1-11(2)10-8-5-4-7(12)6-9(8)14(3)15(10)13-11/h4-6,13H,1-3H3/q+1. The molecule has 1 aliphatic rings. The van der Waals surface area contributed by atoms with Gasteiger partial charge in [-0.05, 0) is 26.0 Å². The summed E-state index contributed by atoms with van der Waals surface area (Å²) in [5, 5.41) is 1.11. The number of aryl methyl sites for hydroxylation is 1. The van der Waals surface area contributed by atoms with E-state index in [0.29, 0.717) is 0 Å². The molecule has 0 saturated carbocycles. The van der Waals surface area contributed by atoms with Crippen molar-refractivity contribution in [2.75, 3.05) is 5.43 Å². The summed E-state index contributed by atoms with van der Waals surface area (Å²) in [5.74, 6) is -0.193. The van der Waals surface area contributed by atoms with Crippen LogP contribution in [0.5, 0.6) is 0 Å². The number of fused-ring (bicyclic) bond motifs is 3. The van der Waals surface area contributed by atoms with Crippen LogP contribution in [0.15, 0.2) is 18.2 Å². The van der Waals surface area contributed by atoms with Crippen molar-refractivity contribution >= 4 is 10.9 Å². The second kappa shape index (κ2) is 2.32. The summed E-state index contributed by atoms with van der Waals surface area (Å²) < 4.78 is 15.1. The molecule has 1 N–H and O–H groups in total. The smallest absolute Gasteiger partial charge is 0.165 e. The molecule has 1 aliphatic heterocycles. The number of nitrogens with zero attached hydrogens (tertiary/aromatic N) is 2. The first-order valence-corrected chi connectivity index (χ1v) is 5.00. The quantitative estimate of drug-likeness (QED) is 0.646. The highest BCUT2D eigenvalue weighted by Crippen LogP contribution is 2.34. The fourth-order valence-electron chi connectivity index (χ4n) is 2.34. The molecular weight excluding hydrogens is 193 g/mol. The lowest BCUT2D eigenvalue weighted by Gasteiger charge is -2.31. The van der Waals surface area contributed by atoms with E-state index in [1.807, 2.05) is 22.6 Å². The predicted molar refractivity (Wildman–Crippen MR) is 55.5 cm³/mol. The first-order chi connectivity index (χ1) is 7.00. The topological polar surface area (TPSA) is 20.8 Å². The van der Waals surface area contributed by atoms with Crippen LogP contribution in [0, 0.1) is 5.82 Å². The third kappa shape index (κ3) is 0.914. The van der Waals surface area contributed by atoms with E-state index in [-0.39, 0.29) is 11.4 Å². The SMILES string of the molecule is C[n+]1c2cc(F)ccc2c2n1NC2(C)C. The van der Waals surface area contributed by atoms with Crippen molar-refractivity contribution in [2.45, 2.75) is 19.4 Å². The molecule has 0 spiro atoms. The molecule has 0 fully saturated rings. The van der Waals surface area contributed by atoms with Crippen molar-refractivity contribution < 1.29 is 9.07 Å². The highest BCUT2D eigenvalue weighted by Gasteiger charge is 2.45. The molecule has 0 unspecified atom stereocenters. The second-order valence-electron chi connectivity index (χ2n) is 4.58. The van der Waals surface area contributed by atoms with Gasteiger partial charge in [0.2, 0.25) is 0 Å². The van der Waals surface area contributed by atoms with E-state index < -0.39 is 0 Å². The van der Waals surface area contributed by atoms with Gasteiger partial charge in [0.25, 0.3) is 0 Å². The number of aromatic nitrogens is 2. The molecule has 1 aromatic heterocycles. The van der Waals surface area contributed by atoms with Gasteiger partial charge < -0.3 is 0 Å². The summed E-state index contributed by atoms with van der Waals surface area (Å²) in [4.78, 5) is 1.96. The zero-order valence-electron chi connectivity index (χ0n) is 9.00. The number of rotatable bonds is 0. The summed E-state index contributed by atoms with van der Waals surface area (Å²) in [7, 11) is 1.92. The molecule has 0 bridgehead atoms. The lowest BCUT2D eigenvalue weighted by atomic mass is 9.95. The van der Waals surface area contributed by atoms with Gasteiger partial charge in [0.1, 0.15) is 12.9 Å². The second-order valence-corrected chi connectivity index (χ2v) is 4.58. The van der Waals surface area contributed by atoms with Crippen LogP contribution in [0.4, 0.5) is 4.39 Å². The Kier molecular flexibility index (Phi) is 1.35. The molecule has 15 heavy (non-hydrogen) atoms. The molecule has 0 saturated heterocycles. The molecule has 3 rings (SSSR count). The largest absolute Gasteiger partial charge is 0.207 e. The van der Waals surface area contributed by atoms with Crippen LogP contribution in [-0.2, 0) is 12.6 Å². The van der Waals surface area contributed by atoms with E-state index in [0.717, 1.165) is 10.9 Å². The summed E-state index contributed by atoms with van der Waals surface area (Å²) in [6.07, 6.45) is 0. The molecule has 3 nitrogen and oxygen atoms in total. The van der Waals surface area contributed by atoms with Crippen LogP contribution in [0.3, 0.4) is 0 Å². The van der Waals surface area contributed by atoms with E-state index in [1.165, 1.54) is 11.8 Å². The van der Waals surface area contributed by atoms with Crippen LogP contribution in [0.2, 0.25) is 0 Å². The molecule has 2 aromatic rings. The molecule has 0 atom stereocenters. The maximum Gasteiger partial charge on any atom is 0.165 e. The normalized spacial score (nSPS) is 17.1. The average Bonchev–Trinajstić information content (AvgIpc) is 2.38. The van der Waals surface area contributed by atoms with Crippen LogP contribution < -0.4 is 10.1 Å². The van der Waals surface area contributed by atoms with Crippen molar-refractivity contribution in [3.8, 4) is 0 Å². The molecule has 78 valence electrons. The monoisotopic (exact) mass is 206 g/mol. The zero-order valence-corrected chi connectivity index (χ0v) is 9.00. The molecule has 2 heterocycles. The molecule has 0 amide bonds. The van der Waals surface area contributed by atoms with E-state index in [4.69, 9.17) is 0 Å². The van der Waals surface area contributed by atoms with Gasteiger partial charge in [0, 0.05) is 6.07 Å². The molecule has 4 heteroatoms. The van der Waals surface area contributed by atoms with Crippen molar-refractivity contribution in [3.05, 3.63) is 29.7 Å². The van der Waals surface area contributed by atoms with Crippen LogP contribution in [0.25, 0.3) is 10.9 Å². The Hall–Kier alpha value is -1.58. The van der Waals surface area contributed by atoms with Crippen LogP contribution in [-0.4, -0.2) is 4.79 Å². The Morgan fingerprint density at radius 2 is 2.13 bits per heavy atom. The highest BCUT2D eigenvalue weighted by atomic mass is 19.1. The van der Waals surface area contributed by atoms with E-state index in [2.05, 4.69) is 19.3 Å². The van der Waals surface area contributed by atoms with Gasteiger partial charge in [-0.15, -0.1) is 0 Å². The fraction of sp³-hybridized carbons (Fsp3) is 0.364. The lowest BCUT2D eigenvalue weighted by Crippen LogP contribution is -2.59. The number of halogens is 1. The van der Waals surface area contributed by atoms with E-state index in [1.54, 1.807) is 6.07 Å². The van der Waals surface area contributed by atoms with Gasteiger partial charge in [0.15, 0.2) is 16.7 Å². The third-order valence-corrected chi connectivity index (χ3v) is 3.05. The van der Waals surface area contributed by atoms with Gasteiger partial charge in [-0.2, -0.15) is 10.1 Å². The number of hydrogen-bond acceptors (Lipinski definition) is 1. The Morgan fingerprint density at radius 1 is 1.40 bits per heavy atom. The van der Waals surface area contributed by atoms with E-state index in [9.17, 15) is 4.39 Å². The lowest BCUT2D eigenvalue weighted by molar-refractivity contribution is -0.731. The predicted octanol–water partition coefficient (Wildman–Crippen LogP) is 1.40. The van der Waals surface area contributed by atoms with Gasteiger partial charge in [-0.1, -0.05) is 4.79 Å². The minimum absolute atomic E-state index is 0.0304. The fourth-order valence-corrected chi connectivity index (χ4v) is 2.34. The maximum absolute atomic E-state index is 13.1. The summed E-state index contributed by atoms with van der Waals surface area (Å²) in [6.45, 7) is 4.23. The molecule has 0 radical (unpaired) electrons. The van der Waals surface area contributed by atoms with Crippen LogP contribution >= 0.6 is 0 Å². The molecule has 1 aromatic carbocycles. The van der Waals surface area contributed by atoms with Gasteiger partial charge in [-0.3, -0.25) is 0 Å². The summed E-state index contributed by atoms with van der Waals surface area (Å²) in [5.41, 5.74) is 5.39. The Balaban J connectivity index is 2.44.